The van der Waals surface area contributed by atoms with Crippen molar-refractivity contribution in [1.29, 1.82) is 0 Å². The highest BCUT2D eigenvalue weighted by molar-refractivity contribution is 6.03. The van der Waals surface area contributed by atoms with Crippen LogP contribution in [0.3, 0.4) is 0 Å². The minimum absolute atomic E-state index is 0.633. The lowest BCUT2D eigenvalue weighted by atomic mass is 10.1. The summed E-state index contributed by atoms with van der Waals surface area (Å²) in [5.41, 5.74) is 6.16. The van der Waals surface area contributed by atoms with Gasteiger partial charge < -0.3 is 0 Å². The summed E-state index contributed by atoms with van der Waals surface area (Å²) in [6, 6.07) is 21.9. The summed E-state index contributed by atoms with van der Waals surface area (Å²) < 4.78 is 30.7. The van der Waals surface area contributed by atoms with Gasteiger partial charge in [0.2, 0.25) is 11.3 Å². The molecule has 4 heteroatoms. The van der Waals surface area contributed by atoms with Crippen molar-refractivity contribution in [3.8, 4) is 17.1 Å². The molecule has 26 heavy (non-hydrogen) atoms. The Morgan fingerprint density at radius 3 is 2.73 bits per heavy atom. The fraction of sp³-hybridized carbons (Fsp3) is 0.0909. The maximum absolute atomic E-state index is 8.32. The van der Waals surface area contributed by atoms with Crippen LogP contribution in [0.4, 0.5) is 0 Å². The number of para-hydroxylation sites is 1. The Labute approximate surface area is 154 Å². The van der Waals surface area contributed by atoms with Crippen molar-refractivity contribution in [1.82, 2.24) is 14.1 Å². The Morgan fingerprint density at radius 2 is 1.85 bits per heavy atom. The average molecular weight is 340 g/mol. The van der Waals surface area contributed by atoms with E-state index in [9.17, 15) is 0 Å². The van der Waals surface area contributed by atoms with E-state index in [0.29, 0.717) is 23.4 Å². The van der Waals surface area contributed by atoms with Crippen molar-refractivity contribution >= 4 is 22.2 Å². The minimum atomic E-state index is -2.33. The monoisotopic (exact) mass is 340 g/mol. The normalized spacial score (nSPS) is 14.8. The van der Waals surface area contributed by atoms with E-state index in [-0.39, 0.29) is 0 Å². The van der Waals surface area contributed by atoms with Gasteiger partial charge in [0.15, 0.2) is 0 Å². The van der Waals surface area contributed by atoms with Gasteiger partial charge in [-0.1, -0.05) is 36.4 Å². The molecule has 0 spiro atoms. The molecule has 3 aromatic heterocycles. The lowest BCUT2D eigenvalue weighted by molar-refractivity contribution is -0.648. The number of imidazole rings is 1. The van der Waals surface area contributed by atoms with Crippen LogP contribution in [0.25, 0.3) is 39.3 Å². The Balaban J connectivity index is 1.87. The van der Waals surface area contributed by atoms with Gasteiger partial charge in [-0.2, -0.15) is 0 Å². The molecular formula is C22H17N4+. The smallest absolute Gasteiger partial charge is 0.254 e. The van der Waals surface area contributed by atoms with E-state index in [4.69, 9.17) is 4.11 Å². The molecule has 4 heterocycles. The van der Waals surface area contributed by atoms with E-state index in [1.165, 1.54) is 4.57 Å². The number of hydrogen-bond donors (Lipinski definition) is 0. The number of benzene rings is 2. The summed E-state index contributed by atoms with van der Waals surface area (Å²) in [6.07, 6.45) is 1.72. The molecule has 0 amide bonds. The Bertz CT molecular complexity index is 1410. The van der Waals surface area contributed by atoms with Crippen molar-refractivity contribution in [3.63, 3.8) is 0 Å². The summed E-state index contributed by atoms with van der Waals surface area (Å²) in [5.74, 6) is 0.711. The third-order valence-corrected chi connectivity index (χ3v) is 5.22. The fourth-order valence-electron chi connectivity index (χ4n) is 4.17. The third kappa shape index (κ3) is 1.59. The molecule has 5 aromatic rings. The van der Waals surface area contributed by atoms with Crippen LogP contribution in [-0.4, -0.2) is 14.1 Å². The lowest BCUT2D eigenvalue weighted by Gasteiger charge is -2.03. The van der Waals surface area contributed by atoms with E-state index in [2.05, 4.69) is 20.2 Å². The molecule has 0 aliphatic carbocycles. The summed E-state index contributed by atoms with van der Waals surface area (Å²) >= 11 is 0. The van der Waals surface area contributed by atoms with Crippen LogP contribution in [0.5, 0.6) is 0 Å². The number of aryl methyl sites for hydroxylation is 1. The number of fused-ring (bicyclic) bond motifs is 7. The second-order valence-electron chi connectivity index (χ2n) is 6.62. The van der Waals surface area contributed by atoms with Crippen LogP contribution in [0.15, 0.2) is 72.9 Å². The van der Waals surface area contributed by atoms with Gasteiger partial charge in [0.1, 0.15) is 16.7 Å². The molecule has 2 aromatic carbocycles. The SMILES string of the molecule is [2H]C([2H])([2H])n1c2[n+](c3c1c1ncccc1n3-c1ccccc1)Cc1ccccc1-2. The topological polar surface area (TPSA) is 26.6 Å². The van der Waals surface area contributed by atoms with Crippen LogP contribution in [0.1, 0.15) is 9.68 Å². The number of hydrogen-bond acceptors (Lipinski definition) is 1. The first-order valence-corrected chi connectivity index (χ1v) is 8.63. The Hall–Kier alpha value is -3.40. The van der Waals surface area contributed by atoms with Gasteiger partial charge in [-0.15, -0.1) is 0 Å². The molecular weight excluding hydrogens is 320 g/mol. The highest BCUT2D eigenvalue weighted by atomic mass is 15.3. The van der Waals surface area contributed by atoms with E-state index < -0.39 is 6.98 Å². The van der Waals surface area contributed by atoms with Crippen molar-refractivity contribution in [2.24, 2.45) is 6.98 Å². The van der Waals surface area contributed by atoms with Crippen molar-refractivity contribution in [2.45, 2.75) is 6.54 Å². The van der Waals surface area contributed by atoms with Crippen molar-refractivity contribution in [3.05, 3.63) is 78.5 Å². The number of aromatic nitrogens is 4. The fourth-order valence-corrected chi connectivity index (χ4v) is 4.17. The summed E-state index contributed by atoms with van der Waals surface area (Å²) in [6.45, 7) is -1.70. The van der Waals surface area contributed by atoms with Gasteiger partial charge in [0, 0.05) is 11.8 Å². The molecule has 0 unspecified atom stereocenters. The minimum Gasteiger partial charge on any atom is -0.254 e. The average Bonchev–Trinajstić information content (AvgIpc) is 3.34. The second-order valence-corrected chi connectivity index (χ2v) is 6.62. The summed E-state index contributed by atoms with van der Waals surface area (Å²) in [5, 5.41) is 0. The van der Waals surface area contributed by atoms with Gasteiger partial charge in [0.25, 0.3) is 5.65 Å². The zero-order valence-corrected chi connectivity index (χ0v) is 13.9. The third-order valence-electron chi connectivity index (χ3n) is 5.22. The van der Waals surface area contributed by atoms with Gasteiger partial charge in [0.05, 0.1) is 23.2 Å². The highest BCUT2D eigenvalue weighted by Crippen LogP contribution is 2.36. The number of nitrogens with zero attached hydrogens (tertiary/aromatic N) is 4. The van der Waals surface area contributed by atoms with Gasteiger partial charge in [-0.3, -0.25) is 4.57 Å². The van der Waals surface area contributed by atoms with Gasteiger partial charge >= 0.3 is 0 Å². The first kappa shape index (κ1) is 11.3. The van der Waals surface area contributed by atoms with Crippen LogP contribution < -0.4 is 4.57 Å². The predicted molar refractivity (Wildman–Crippen MR) is 102 cm³/mol. The molecule has 0 saturated heterocycles. The van der Waals surface area contributed by atoms with Crippen molar-refractivity contribution < 1.29 is 8.68 Å². The van der Waals surface area contributed by atoms with Crippen molar-refractivity contribution in [2.75, 3.05) is 0 Å². The number of rotatable bonds is 1. The molecule has 124 valence electrons. The molecule has 4 nitrogen and oxygen atoms in total. The maximum Gasteiger partial charge on any atom is 0.276 e. The van der Waals surface area contributed by atoms with Gasteiger partial charge in [-0.25, -0.2) is 14.1 Å². The Kier molecular flexibility index (Phi) is 2.09. The molecule has 0 bridgehead atoms. The lowest BCUT2D eigenvalue weighted by Crippen LogP contribution is -2.33. The molecule has 0 saturated carbocycles. The molecule has 0 radical (unpaired) electrons. The summed E-state index contributed by atoms with van der Waals surface area (Å²) in [7, 11) is 0. The van der Waals surface area contributed by atoms with E-state index in [1.54, 1.807) is 6.20 Å². The Morgan fingerprint density at radius 1 is 1.00 bits per heavy atom. The van der Waals surface area contributed by atoms with Crippen LogP contribution in [0.2, 0.25) is 0 Å². The quantitative estimate of drug-likeness (QED) is 0.418. The van der Waals surface area contributed by atoms with Crippen LogP contribution >= 0.6 is 0 Å². The molecule has 0 fully saturated rings. The molecule has 1 aliphatic rings. The number of pyridine rings is 1. The zero-order chi connectivity index (χ0) is 19.8. The highest BCUT2D eigenvalue weighted by Gasteiger charge is 2.35. The first-order valence-electron chi connectivity index (χ1n) is 10.1. The van der Waals surface area contributed by atoms with Crippen LogP contribution in [-0.2, 0) is 13.5 Å². The molecule has 0 N–H and O–H groups in total. The standard InChI is InChI=1S/C22H17N4/c1-24-20-19-18(12-7-13-23-19)26(16-9-3-2-4-10-16)22(20)25-14-15-8-5-6-11-17(15)21(24)25/h2-13H,14H2,1H3/q+1/i1D3. The van der Waals surface area contributed by atoms with E-state index in [1.807, 2.05) is 60.7 Å². The largest absolute Gasteiger partial charge is 0.276 e. The zero-order valence-electron chi connectivity index (χ0n) is 16.9. The summed E-state index contributed by atoms with van der Waals surface area (Å²) in [4.78, 5) is 4.59. The van der Waals surface area contributed by atoms with E-state index in [0.717, 1.165) is 28.0 Å². The molecule has 1 aliphatic heterocycles. The van der Waals surface area contributed by atoms with Crippen LogP contribution in [0, 0.1) is 0 Å². The predicted octanol–water partition coefficient (Wildman–Crippen LogP) is 3.83. The molecule has 6 rings (SSSR count). The van der Waals surface area contributed by atoms with Gasteiger partial charge in [-0.05, 0) is 30.3 Å². The molecule has 0 atom stereocenters. The van der Waals surface area contributed by atoms with E-state index >= 15 is 0 Å². The first-order chi connectivity index (χ1) is 14.1. The second kappa shape index (κ2) is 4.82. The maximum atomic E-state index is 8.32.